The normalized spacial score (nSPS) is 11.1. The third kappa shape index (κ3) is 3.68. The molecule has 0 bridgehead atoms. The minimum atomic E-state index is 1.03. The number of hydrogen-bond donors (Lipinski definition) is 0. The highest BCUT2D eigenvalue weighted by Crippen LogP contribution is 2.12. The van der Waals surface area contributed by atoms with Crippen molar-refractivity contribution < 1.29 is 0 Å². The third-order valence-electron chi connectivity index (χ3n) is 2.96. The van der Waals surface area contributed by atoms with E-state index in [0.717, 1.165) is 24.2 Å². The molecule has 0 aliphatic carbocycles. The second-order valence-corrected chi connectivity index (χ2v) is 4.73. The second-order valence-electron chi connectivity index (χ2n) is 4.73. The van der Waals surface area contributed by atoms with Gasteiger partial charge in [0.05, 0.1) is 11.4 Å². The highest BCUT2D eigenvalue weighted by molar-refractivity contribution is 5.54. The number of allylic oxidation sites excluding steroid dienone is 2. The van der Waals surface area contributed by atoms with Crippen LogP contribution in [0, 0.1) is 6.92 Å². The number of aromatic nitrogens is 2. The van der Waals surface area contributed by atoms with Gasteiger partial charge in [-0.3, -0.25) is 0 Å². The Labute approximate surface area is 115 Å². The molecular formula is C17H20N2. The zero-order valence-electron chi connectivity index (χ0n) is 11.6. The Hall–Kier alpha value is -2.09. The summed E-state index contributed by atoms with van der Waals surface area (Å²) in [6.45, 7) is 8.19. The van der Waals surface area contributed by atoms with Crippen LogP contribution in [0.15, 0.2) is 54.8 Å². The number of nitrogens with zero attached hydrogens (tertiary/aromatic N) is 2. The molecule has 2 heteroatoms. The molecule has 1 heterocycles. The number of benzene rings is 1. The molecule has 0 fully saturated rings. The smallest absolute Gasteiger partial charge is 0.0646 e. The Morgan fingerprint density at radius 2 is 2.00 bits per heavy atom. The Morgan fingerprint density at radius 3 is 2.58 bits per heavy atom. The van der Waals surface area contributed by atoms with Gasteiger partial charge in [0.1, 0.15) is 0 Å². The quantitative estimate of drug-likeness (QED) is 0.714. The lowest BCUT2D eigenvalue weighted by molar-refractivity contribution is 0.862. The summed E-state index contributed by atoms with van der Waals surface area (Å²) in [5.74, 6) is 0. The summed E-state index contributed by atoms with van der Waals surface area (Å²) in [6.07, 6.45) is 8.37. The van der Waals surface area contributed by atoms with Crippen LogP contribution in [0.5, 0.6) is 0 Å². The summed E-state index contributed by atoms with van der Waals surface area (Å²) < 4.78 is 1.89. The van der Waals surface area contributed by atoms with Gasteiger partial charge in [0.15, 0.2) is 0 Å². The first kappa shape index (κ1) is 13.3. The lowest BCUT2D eigenvalue weighted by Crippen LogP contribution is -1.94. The SMILES string of the molecule is C=C(/C=C/c1ccc(-n2ccc(C)n2)cc1)CCC. The Morgan fingerprint density at radius 1 is 1.26 bits per heavy atom. The summed E-state index contributed by atoms with van der Waals surface area (Å²) in [7, 11) is 0. The topological polar surface area (TPSA) is 17.8 Å². The van der Waals surface area contributed by atoms with Crippen LogP contribution in [0.1, 0.15) is 31.0 Å². The molecule has 1 aromatic carbocycles. The molecule has 2 nitrogen and oxygen atoms in total. The van der Waals surface area contributed by atoms with Crippen LogP contribution in [0.25, 0.3) is 11.8 Å². The summed E-state index contributed by atoms with van der Waals surface area (Å²) in [6, 6.07) is 10.4. The summed E-state index contributed by atoms with van der Waals surface area (Å²) in [5, 5.41) is 4.39. The van der Waals surface area contributed by atoms with Crippen molar-refractivity contribution >= 4 is 6.08 Å². The minimum Gasteiger partial charge on any atom is -0.241 e. The van der Waals surface area contributed by atoms with Gasteiger partial charge in [-0.1, -0.05) is 49.8 Å². The van der Waals surface area contributed by atoms with Gasteiger partial charge < -0.3 is 0 Å². The van der Waals surface area contributed by atoms with Gasteiger partial charge in [-0.15, -0.1) is 0 Å². The summed E-state index contributed by atoms with van der Waals surface area (Å²) in [4.78, 5) is 0. The third-order valence-corrected chi connectivity index (χ3v) is 2.96. The van der Waals surface area contributed by atoms with Crippen LogP contribution in [0.3, 0.4) is 0 Å². The van der Waals surface area contributed by atoms with Crippen molar-refractivity contribution in [1.29, 1.82) is 0 Å². The Bertz CT molecular complexity index is 574. The molecule has 0 unspecified atom stereocenters. The van der Waals surface area contributed by atoms with E-state index in [-0.39, 0.29) is 0 Å². The van der Waals surface area contributed by atoms with Gasteiger partial charge in [-0.2, -0.15) is 5.10 Å². The zero-order valence-corrected chi connectivity index (χ0v) is 11.6. The van der Waals surface area contributed by atoms with Crippen LogP contribution in [-0.2, 0) is 0 Å². The molecule has 0 saturated carbocycles. The maximum atomic E-state index is 4.39. The largest absolute Gasteiger partial charge is 0.241 e. The molecule has 1 aromatic heterocycles. The van der Waals surface area contributed by atoms with Gasteiger partial charge in [0.2, 0.25) is 0 Å². The van der Waals surface area contributed by atoms with Crippen molar-refractivity contribution in [2.75, 3.05) is 0 Å². The van der Waals surface area contributed by atoms with E-state index in [1.165, 1.54) is 11.1 Å². The first-order chi connectivity index (χ1) is 9.19. The maximum Gasteiger partial charge on any atom is 0.0646 e. The number of hydrogen-bond acceptors (Lipinski definition) is 1. The monoisotopic (exact) mass is 252 g/mol. The first-order valence-electron chi connectivity index (χ1n) is 6.67. The molecule has 0 atom stereocenters. The molecule has 19 heavy (non-hydrogen) atoms. The average molecular weight is 252 g/mol. The van der Waals surface area contributed by atoms with E-state index in [4.69, 9.17) is 0 Å². The molecule has 98 valence electrons. The minimum absolute atomic E-state index is 1.03. The fourth-order valence-corrected chi connectivity index (χ4v) is 1.92. The molecule has 0 saturated heterocycles. The average Bonchev–Trinajstić information content (AvgIpc) is 2.84. The molecule has 2 aromatic rings. The first-order valence-corrected chi connectivity index (χ1v) is 6.67. The predicted molar refractivity (Wildman–Crippen MR) is 81.4 cm³/mol. The molecule has 0 aliphatic rings. The summed E-state index contributed by atoms with van der Waals surface area (Å²) >= 11 is 0. The van der Waals surface area contributed by atoms with Crippen molar-refractivity contribution in [2.24, 2.45) is 0 Å². The van der Waals surface area contributed by atoms with Crippen molar-refractivity contribution in [1.82, 2.24) is 9.78 Å². The zero-order chi connectivity index (χ0) is 13.7. The van der Waals surface area contributed by atoms with Crippen LogP contribution in [0.2, 0.25) is 0 Å². The van der Waals surface area contributed by atoms with Crippen molar-refractivity contribution in [2.45, 2.75) is 26.7 Å². The fraction of sp³-hybridized carbons (Fsp3) is 0.235. The van der Waals surface area contributed by atoms with E-state index in [9.17, 15) is 0 Å². The molecular weight excluding hydrogens is 232 g/mol. The lowest BCUT2D eigenvalue weighted by Gasteiger charge is -2.02. The highest BCUT2D eigenvalue weighted by Gasteiger charge is 1.97. The number of rotatable bonds is 5. The van der Waals surface area contributed by atoms with E-state index >= 15 is 0 Å². The Balaban J connectivity index is 2.08. The predicted octanol–water partition coefficient (Wildman–Crippen LogP) is 4.55. The van der Waals surface area contributed by atoms with Gasteiger partial charge in [0, 0.05) is 6.20 Å². The fourth-order valence-electron chi connectivity index (χ4n) is 1.92. The van der Waals surface area contributed by atoms with Crippen LogP contribution in [0.4, 0.5) is 0 Å². The van der Waals surface area contributed by atoms with Crippen molar-refractivity contribution in [3.63, 3.8) is 0 Å². The molecule has 0 spiro atoms. The van der Waals surface area contributed by atoms with Crippen LogP contribution >= 0.6 is 0 Å². The lowest BCUT2D eigenvalue weighted by atomic mass is 10.1. The molecule has 0 N–H and O–H groups in total. The van der Waals surface area contributed by atoms with E-state index < -0.39 is 0 Å². The highest BCUT2D eigenvalue weighted by atomic mass is 15.3. The molecule has 0 aliphatic heterocycles. The van der Waals surface area contributed by atoms with E-state index in [2.05, 4.69) is 55.0 Å². The van der Waals surface area contributed by atoms with Gasteiger partial charge >= 0.3 is 0 Å². The number of aryl methyl sites for hydroxylation is 1. The van der Waals surface area contributed by atoms with Gasteiger partial charge in [0.25, 0.3) is 0 Å². The molecule has 2 rings (SSSR count). The Kier molecular flexibility index (Phi) is 4.35. The summed E-state index contributed by atoms with van der Waals surface area (Å²) in [5.41, 5.74) is 4.47. The van der Waals surface area contributed by atoms with Crippen LogP contribution in [-0.4, -0.2) is 9.78 Å². The van der Waals surface area contributed by atoms with Crippen molar-refractivity contribution in [3.8, 4) is 5.69 Å². The maximum absolute atomic E-state index is 4.39. The molecule has 0 radical (unpaired) electrons. The van der Waals surface area contributed by atoms with E-state index in [0.29, 0.717) is 0 Å². The second kappa shape index (κ2) is 6.19. The molecule has 0 amide bonds. The van der Waals surface area contributed by atoms with Gasteiger partial charge in [-0.25, -0.2) is 4.68 Å². The van der Waals surface area contributed by atoms with E-state index in [1.807, 2.05) is 23.9 Å². The standard InChI is InChI=1S/C17H20N2/c1-4-5-14(2)6-7-16-8-10-17(11-9-16)19-13-12-15(3)18-19/h6-13H,2,4-5H2,1,3H3/b7-6+. The van der Waals surface area contributed by atoms with E-state index in [1.54, 1.807) is 0 Å². The van der Waals surface area contributed by atoms with Crippen molar-refractivity contribution in [3.05, 3.63) is 66.0 Å². The van der Waals surface area contributed by atoms with Crippen LogP contribution < -0.4 is 0 Å². The van der Waals surface area contributed by atoms with Gasteiger partial charge in [-0.05, 0) is 37.1 Å².